The van der Waals surface area contributed by atoms with E-state index in [2.05, 4.69) is 35.7 Å². The van der Waals surface area contributed by atoms with Crippen LogP contribution in [0.2, 0.25) is 0 Å². The van der Waals surface area contributed by atoms with Crippen LogP contribution in [0.5, 0.6) is 11.5 Å². The van der Waals surface area contributed by atoms with Gasteiger partial charge in [0.25, 0.3) is 5.69 Å². The highest BCUT2D eigenvalue weighted by Crippen LogP contribution is 2.24. The average Bonchev–Trinajstić information content (AvgIpc) is 3.19. The maximum Gasteiger partial charge on any atom is 0.269 e. The fourth-order valence-electron chi connectivity index (χ4n) is 3.76. The fraction of sp³-hybridized carbons (Fsp3) is 0.333. The van der Waals surface area contributed by atoms with Crippen molar-refractivity contribution in [2.75, 3.05) is 43.0 Å². The number of nitrogens with one attached hydrogen (secondary N) is 2. The molecule has 1 aromatic heterocycles. The van der Waals surface area contributed by atoms with E-state index < -0.39 is 4.92 Å². The summed E-state index contributed by atoms with van der Waals surface area (Å²) in [5, 5.41) is 18.3. The summed E-state index contributed by atoms with van der Waals surface area (Å²) in [4.78, 5) is 26.3. The number of hydrazone groups is 1. The zero-order valence-corrected chi connectivity index (χ0v) is 20.2. The number of nitrogens with zero attached hydrogens (tertiary/aromatic N) is 6. The lowest BCUT2D eigenvalue weighted by Crippen LogP contribution is -2.26. The Morgan fingerprint density at radius 1 is 0.972 bits per heavy atom. The summed E-state index contributed by atoms with van der Waals surface area (Å²) in [6, 6.07) is 11.5. The summed E-state index contributed by atoms with van der Waals surface area (Å²) in [7, 11) is 3.17. The molecule has 1 saturated heterocycles. The molecular formula is C24H28N8O4. The van der Waals surface area contributed by atoms with Crippen LogP contribution in [0.15, 0.2) is 47.6 Å². The van der Waals surface area contributed by atoms with Crippen molar-refractivity contribution in [3.05, 3.63) is 58.1 Å². The van der Waals surface area contributed by atoms with Crippen molar-refractivity contribution < 1.29 is 14.4 Å². The molecule has 1 fully saturated rings. The lowest BCUT2D eigenvalue weighted by molar-refractivity contribution is -0.384. The van der Waals surface area contributed by atoms with Crippen LogP contribution in [0.4, 0.5) is 29.2 Å². The molecule has 0 aliphatic carbocycles. The van der Waals surface area contributed by atoms with Gasteiger partial charge in [-0.05, 0) is 37.1 Å². The first-order valence-corrected chi connectivity index (χ1v) is 11.6. The van der Waals surface area contributed by atoms with Crippen molar-refractivity contribution in [2.24, 2.45) is 5.10 Å². The van der Waals surface area contributed by atoms with Gasteiger partial charge in [-0.2, -0.15) is 20.1 Å². The first-order valence-electron chi connectivity index (χ1n) is 11.6. The Kier molecular flexibility index (Phi) is 8.06. The molecule has 3 aromatic rings. The van der Waals surface area contributed by atoms with Crippen LogP contribution < -0.4 is 25.1 Å². The van der Waals surface area contributed by atoms with Gasteiger partial charge in [0.05, 0.1) is 25.4 Å². The van der Waals surface area contributed by atoms with E-state index >= 15 is 0 Å². The van der Waals surface area contributed by atoms with Crippen LogP contribution >= 0.6 is 0 Å². The molecule has 0 saturated carbocycles. The molecule has 0 bridgehead atoms. The Morgan fingerprint density at radius 2 is 1.69 bits per heavy atom. The summed E-state index contributed by atoms with van der Waals surface area (Å²) in [6.07, 6.45) is 6.09. The molecule has 4 rings (SSSR count). The average molecular weight is 493 g/mol. The molecule has 0 unspecified atom stereocenters. The molecule has 2 heterocycles. The van der Waals surface area contributed by atoms with Crippen LogP contribution in [0.25, 0.3) is 0 Å². The van der Waals surface area contributed by atoms with Gasteiger partial charge in [-0.3, -0.25) is 10.1 Å². The standard InChI is InChI=1S/C24H28N8O4/c1-35-20-12-7-17(21(15-20)36-2)16-25-30-23-27-22(26-18-8-10-19(11-9-18)32(33)34)28-24(29-23)31-13-5-3-4-6-14-31/h7-12,15-16H,3-6,13-14H2,1-2H3,(H2,26,27,28,29,30)/b25-16+. The van der Waals surface area contributed by atoms with E-state index in [0.717, 1.165) is 31.5 Å². The van der Waals surface area contributed by atoms with Gasteiger partial charge in [0.2, 0.25) is 17.8 Å². The van der Waals surface area contributed by atoms with E-state index in [1.165, 1.54) is 25.0 Å². The second kappa shape index (κ2) is 11.8. The number of rotatable bonds is 9. The van der Waals surface area contributed by atoms with Crippen LogP contribution in [0.1, 0.15) is 31.2 Å². The van der Waals surface area contributed by atoms with Gasteiger partial charge >= 0.3 is 0 Å². The molecule has 0 amide bonds. The number of anilines is 4. The molecule has 2 N–H and O–H groups in total. The third-order valence-electron chi connectivity index (χ3n) is 5.66. The second-order valence-corrected chi connectivity index (χ2v) is 8.09. The summed E-state index contributed by atoms with van der Waals surface area (Å²) in [5.41, 5.74) is 4.25. The minimum absolute atomic E-state index is 0.00658. The van der Waals surface area contributed by atoms with E-state index in [1.807, 2.05) is 12.1 Å². The zero-order chi connectivity index (χ0) is 25.3. The number of hydrogen-bond donors (Lipinski definition) is 2. The van der Waals surface area contributed by atoms with Crippen molar-refractivity contribution in [1.82, 2.24) is 15.0 Å². The summed E-state index contributed by atoms with van der Waals surface area (Å²) in [5.74, 6) is 2.39. The monoisotopic (exact) mass is 492 g/mol. The summed E-state index contributed by atoms with van der Waals surface area (Å²) >= 11 is 0. The molecule has 36 heavy (non-hydrogen) atoms. The number of aromatic nitrogens is 3. The number of benzene rings is 2. The topological polar surface area (TPSA) is 140 Å². The van der Waals surface area contributed by atoms with Crippen molar-refractivity contribution in [3.63, 3.8) is 0 Å². The number of nitro groups is 1. The minimum atomic E-state index is -0.442. The van der Waals surface area contributed by atoms with Crippen LogP contribution in [0.3, 0.4) is 0 Å². The summed E-state index contributed by atoms with van der Waals surface area (Å²) in [6.45, 7) is 1.71. The van der Waals surface area contributed by atoms with Crippen LogP contribution in [0, 0.1) is 10.1 Å². The Balaban J connectivity index is 1.58. The molecule has 188 valence electrons. The molecule has 1 aliphatic rings. The Hall–Kier alpha value is -4.48. The lowest BCUT2D eigenvalue weighted by Gasteiger charge is -2.21. The van der Waals surface area contributed by atoms with Gasteiger partial charge in [-0.25, -0.2) is 5.43 Å². The normalized spacial score (nSPS) is 13.8. The third-order valence-corrected chi connectivity index (χ3v) is 5.66. The van der Waals surface area contributed by atoms with E-state index in [0.29, 0.717) is 29.1 Å². The van der Waals surface area contributed by atoms with Gasteiger partial charge in [-0.15, -0.1) is 0 Å². The molecule has 0 atom stereocenters. The van der Waals surface area contributed by atoms with Gasteiger partial charge < -0.3 is 19.7 Å². The highest BCUT2D eigenvalue weighted by molar-refractivity contribution is 5.84. The first-order chi connectivity index (χ1) is 17.6. The lowest BCUT2D eigenvalue weighted by atomic mass is 10.2. The third kappa shape index (κ3) is 6.34. The SMILES string of the molecule is COc1ccc(/C=N/Nc2nc(Nc3ccc([N+](=O)[O-])cc3)nc(N3CCCCCC3)n2)c(OC)c1. The Bertz CT molecular complexity index is 1210. The maximum atomic E-state index is 10.9. The summed E-state index contributed by atoms with van der Waals surface area (Å²) < 4.78 is 10.6. The number of hydrogen-bond acceptors (Lipinski definition) is 11. The van der Waals surface area contributed by atoms with Crippen molar-refractivity contribution in [3.8, 4) is 11.5 Å². The molecule has 12 heteroatoms. The van der Waals surface area contributed by atoms with E-state index in [1.54, 1.807) is 38.6 Å². The molecule has 2 aromatic carbocycles. The van der Waals surface area contributed by atoms with Gasteiger partial charge in [0.1, 0.15) is 11.5 Å². The predicted molar refractivity (Wildman–Crippen MR) is 138 cm³/mol. The van der Waals surface area contributed by atoms with E-state index in [-0.39, 0.29) is 11.6 Å². The number of nitro benzene ring substituents is 1. The largest absolute Gasteiger partial charge is 0.497 e. The quantitative estimate of drug-likeness (QED) is 0.251. The van der Waals surface area contributed by atoms with Crippen molar-refractivity contribution >= 4 is 35.4 Å². The molecule has 0 radical (unpaired) electrons. The van der Waals surface area contributed by atoms with Gasteiger partial charge in [-0.1, -0.05) is 12.8 Å². The number of methoxy groups -OCH3 is 2. The molecular weight excluding hydrogens is 464 g/mol. The van der Waals surface area contributed by atoms with Crippen molar-refractivity contribution in [2.45, 2.75) is 25.7 Å². The van der Waals surface area contributed by atoms with E-state index in [9.17, 15) is 10.1 Å². The van der Waals surface area contributed by atoms with Crippen LogP contribution in [-0.2, 0) is 0 Å². The highest BCUT2D eigenvalue weighted by Gasteiger charge is 2.16. The van der Waals surface area contributed by atoms with E-state index in [4.69, 9.17) is 9.47 Å². The molecule has 1 aliphatic heterocycles. The molecule has 12 nitrogen and oxygen atoms in total. The maximum absolute atomic E-state index is 10.9. The number of ether oxygens (including phenoxy) is 2. The highest BCUT2D eigenvalue weighted by atomic mass is 16.6. The minimum Gasteiger partial charge on any atom is -0.497 e. The Labute approximate surface area is 208 Å². The fourth-order valence-corrected chi connectivity index (χ4v) is 3.76. The second-order valence-electron chi connectivity index (χ2n) is 8.09. The first kappa shape index (κ1) is 24.6. The van der Waals surface area contributed by atoms with Gasteiger partial charge in [0.15, 0.2) is 0 Å². The zero-order valence-electron chi connectivity index (χ0n) is 20.2. The van der Waals surface area contributed by atoms with Crippen molar-refractivity contribution in [1.29, 1.82) is 0 Å². The predicted octanol–water partition coefficient (Wildman–Crippen LogP) is 4.37. The molecule has 0 spiro atoms. The Morgan fingerprint density at radius 3 is 2.36 bits per heavy atom. The van der Waals surface area contributed by atoms with Gasteiger partial charge in [0, 0.05) is 42.5 Å². The van der Waals surface area contributed by atoms with Crippen LogP contribution in [-0.4, -0.2) is 53.4 Å². The smallest absolute Gasteiger partial charge is 0.269 e. The number of non-ortho nitro benzene ring substituents is 1.